The molecule has 2 N–H and O–H groups in total. The van der Waals surface area contributed by atoms with E-state index in [1.165, 1.54) is 32.1 Å². The molecular formula is C19H35IN4O. The van der Waals surface area contributed by atoms with E-state index in [9.17, 15) is 0 Å². The molecule has 0 bridgehead atoms. The van der Waals surface area contributed by atoms with E-state index in [4.69, 9.17) is 4.42 Å². The van der Waals surface area contributed by atoms with Gasteiger partial charge in [-0.1, -0.05) is 47.0 Å². The third kappa shape index (κ3) is 7.54. The Balaban J connectivity index is 0.00000312. The number of halogens is 1. The highest BCUT2D eigenvalue weighted by molar-refractivity contribution is 14.0. The molecule has 1 saturated carbocycles. The number of nitrogens with zero attached hydrogens (tertiary/aromatic N) is 2. The molecule has 0 amide bonds. The molecule has 1 aliphatic rings. The first-order valence-corrected chi connectivity index (χ1v) is 9.28. The summed E-state index contributed by atoms with van der Waals surface area (Å²) in [6.07, 6.45) is 8.58. The Hall–Kier alpha value is -0.790. The topological polar surface area (TPSA) is 62.5 Å². The van der Waals surface area contributed by atoms with Gasteiger partial charge in [0, 0.05) is 19.0 Å². The van der Waals surface area contributed by atoms with Crippen LogP contribution in [0.5, 0.6) is 0 Å². The molecule has 2 unspecified atom stereocenters. The first kappa shape index (κ1) is 22.3. The number of hydrogen-bond acceptors (Lipinski definition) is 3. The fourth-order valence-corrected chi connectivity index (χ4v) is 3.34. The molecule has 0 aromatic carbocycles. The Kier molecular flexibility index (Phi) is 9.24. The maximum Gasteiger partial charge on any atom is 0.213 e. The molecule has 0 aliphatic heterocycles. The van der Waals surface area contributed by atoms with Gasteiger partial charge >= 0.3 is 0 Å². The summed E-state index contributed by atoms with van der Waals surface area (Å²) >= 11 is 0. The molecule has 144 valence electrons. The van der Waals surface area contributed by atoms with Gasteiger partial charge < -0.3 is 15.1 Å². The van der Waals surface area contributed by atoms with Crippen molar-refractivity contribution in [3.05, 3.63) is 17.8 Å². The van der Waals surface area contributed by atoms with Crippen molar-refractivity contribution in [3.63, 3.8) is 0 Å². The molecule has 0 radical (unpaired) electrons. The van der Waals surface area contributed by atoms with Crippen LogP contribution in [0.4, 0.5) is 0 Å². The molecule has 6 heteroatoms. The number of aromatic nitrogens is 1. The van der Waals surface area contributed by atoms with Gasteiger partial charge in [-0.3, -0.25) is 4.99 Å². The zero-order chi connectivity index (χ0) is 17.6. The highest BCUT2D eigenvalue weighted by atomic mass is 127. The number of guanidine groups is 1. The molecule has 0 saturated heterocycles. The van der Waals surface area contributed by atoms with Gasteiger partial charge in [0.25, 0.3) is 0 Å². The van der Waals surface area contributed by atoms with Crippen LogP contribution in [0.1, 0.15) is 71.5 Å². The number of nitrogens with one attached hydrogen (secondary N) is 2. The Morgan fingerprint density at radius 2 is 2.08 bits per heavy atom. The van der Waals surface area contributed by atoms with Gasteiger partial charge in [0.05, 0.1) is 12.7 Å². The summed E-state index contributed by atoms with van der Waals surface area (Å²) in [6, 6.07) is 0. The predicted molar refractivity (Wildman–Crippen MR) is 115 cm³/mol. The van der Waals surface area contributed by atoms with Gasteiger partial charge in [0.1, 0.15) is 5.76 Å². The van der Waals surface area contributed by atoms with Gasteiger partial charge in [-0.25, -0.2) is 4.98 Å². The van der Waals surface area contributed by atoms with Gasteiger partial charge in [-0.05, 0) is 24.7 Å². The number of rotatable bonds is 5. The number of aliphatic imine (C=N–C) groups is 1. The minimum Gasteiger partial charge on any atom is -0.443 e. The summed E-state index contributed by atoms with van der Waals surface area (Å²) in [5, 5.41) is 6.69. The third-order valence-corrected chi connectivity index (χ3v) is 4.81. The van der Waals surface area contributed by atoms with Crippen LogP contribution in [-0.4, -0.2) is 24.5 Å². The van der Waals surface area contributed by atoms with Crippen molar-refractivity contribution in [2.75, 3.05) is 13.6 Å². The minimum absolute atomic E-state index is 0. The third-order valence-electron chi connectivity index (χ3n) is 4.81. The van der Waals surface area contributed by atoms with Crippen molar-refractivity contribution in [1.29, 1.82) is 0 Å². The molecule has 2 atom stereocenters. The first-order chi connectivity index (χ1) is 11.4. The average molecular weight is 462 g/mol. The summed E-state index contributed by atoms with van der Waals surface area (Å²) in [6.45, 7) is 10.3. The Morgan fingerprint density at radius 3 is 2.68 bits per heavy atom. The minimum atomic E-state index is -0.0116. The lowest BCUT2D eigenvalue weighted by Crippen LogP contribution is -2.38. The molecule has 0 spiro atoms. The van der Waals surface area contributed by atoms with E-state index in [-0.39, 0.29) is 29.4 Å². The van der Waals surface area contributed by atoms with Gasteiger partial charge in [0.2, 0.25) is 5.89 Å². The Bertz CT molecular complexity index is 536. The SMILES string of the molecule is CN=C(NCCC1CCCC(C)C1)NCc1ncc(C(C)(C)C)o1.I. The van der Waals surface area contributed by atoms with Crippen LogP contribution in [0.15, 0.2) is 15.6 Å². The molecule has 1 aliphatic carbocycles. The number of hydrogen-bond donors (Lipinski definition) is 2. The molecule has 1 aromatic rings. The van der Waals surface area contributed by atoms with Crippen molar-refractivity contribution in [2.45, 2.75) is 71.8 Å². The van der Waals surface area contributed by atoms with Crippen molar-refractivity contribution in [3.8, 4) is 0 Å². The molecular weight excluding hydrogens is 427 g/mol. The summed E-state index contributed by atoms with van der Waals surface area (Å²) in [5.41, 5.74) is -0.0116. The van der Waals surface area contributed by atoms with Crippen LogP contribution < -0.4 is 10.6 Å². The van der Waals surface area contributed by atoms with Crippen LogP contribution in [0.25, 0.3) is 0 Å². The van der Waals surface area contributed by atoms with Crippen LogP contribution in [0.2, 0.25) is 0 Å². The van der Waals surface area contributed by atoms with Crippen molar-refractivity contribution < 1.29 is 4.42 Å². The van der Waals surface area contributed by atoms with E-state index in [0.29, 0.717) is 12.4 Å². The molecule has 2 rings (SSSR count). The maximum atomic E-state index is 5.80. The van der Waals surface area contributed by atoms with Crippen LogP contribution in [0, 0.1) is 11.8 Å². The average Bonchev–Trinajstić information content (AvgIpc) is 3.00. The zero-order valence-corrected chi connectivity index (χ0v) is 18.7. The Labute approximate surface area is 169 Å². The van der Waals surface area contributed by atoms with Crippen molar-refractivity contribution >= 4 is 29.9 Å². The zero-order valence-electron chi connectivity index (χ0n) is 16.4. The van der Waals surface area contributed by atoms with E-state index in [1.54, 1.807) is 7.05 Å². The van der Waals surface area contributed by atoms with Crippen LogP contribution in [-0.2, 0) is 12.0 Å². The molecule has 1 heterocycles. The number of oxazole rings is 1. The summed E-state index contributed by atoms with van der Waals surface area (Å²) in [5.74, 6) is 4.18. The predicted octanol–water partition coefficient (Wildman–Crippen LogP) is 4.47. The van der Waals surface area contributed by atoms with E-state index >= 15 is 0 Å². The molecule has 25 heavy (non-hydrogen) atoms. The normalized spacial score (nSPS) is 21.6. The van der Waals surface area contributed by atoms with Crippen molar-refractivity contribution in [1.82, 2.24) is 15.6 Å². The second kappa shape index (κ2) is 10.4. The monoisotopic (exact) mass is 462 g/mol. The highest BCUT2D eigenvalue weighted by Crippen LogP contribution is 2.30. The second-order valence-corrected chi connectivity index (χ2v) is 8.15. The second-order valence-electron chi connectivity index (χ2n) is 8.15. The fraction of sp³-hybridized carbons (Fsp3) is 0.789. The highest BCUT2D eigenvalue weighted by Gasteiger charge is 2.20. The smallest absolute Gasteiger partial charge is 0.213 e. The summed E-state index contributed by atoms with van der Waals surface area (Å²) < 4.78 is 5.80. The van der Waals surface area contributed by atoms with Gasteiger partial charge in [-0.2, -0.15) is 0 Å². The van der Waals surface area contributed by atoms with Gasteiger partial charge in [0.15, 0.2) is 5.96 Å². The van der Waals surface area contributed by atoms with Crippen LogP contribution in [0.3, 0.4) is 0 Å². The lowest BCUT2D eigenvalue weighted by Gasteiger charge is -2.26. The van der Waals surface area contributed by atoms with E-state index in [1.807, 2.05) is 6.20 Å². The summed E-state index contributed by atoms with van der Waals surface area (Å²) in [7, 11) is 1.80. The maximum absolute atomic E-state index is 5.80. The molecule has 1 aromatic heterocycles. The van der Waals surface area contributed by atoms with Crippen molar-refractivity contribution in [2.24, 2.45) is 16.8 Å². The fourth-order valence-electron chi connectivity index (χ4n) is 3.34. The Morgan fingerprint density at radius 1 is 1.32 bits per heavy atom. The van der Waals surface area contributed by atoms with E-state index in [0.717, 1.165) is 30.1 Å². The van der Waals surface area contributed by atoms with Gasteiger partial charge in [-0.15, -0.1) is 24.0 Å². The summed E-state index contributed by atoms with van der Waals surface area (Å²) in [4.78, 5) is 8.62. The quantitative estimate of drug-likeness (QED) is 0.385. The molecule has 1 fully saturated rings. The standard InChI is InChI=1S/C19H34N4O.HI/c1-14-7-6-8-15(11-14)9-10-21-18(20-5)23-13-17-22-12-16(24-17)19(2,3)4;/h12,14-15H,6-11,13H2,1-5H3,(H2,20,21,23);1H. The lowest BCUT2D eigenvalue weighted by atomic mass is 9.81. The lowest BCUT2D eigenvalue weighted by molar-refractivity contribution is 0.270. The van der Waals surface area contributed by atoms with Crippen LogP contribution >= 0.6 is 24.0 Å². The van der Waals surface area contributed by atoms with E-state index < -0.39 is 0 Å². The first-order valence-electron chi connectivity index (χ1n) is 9.28. The molecule has 5 nitrogen and oxygen atoms in total. The van der Waals surface area contributed by atoms with E-state index in [2.05, 4.69) is 48.3 Å². The largest absolute Gasteiger partial charge is 0.443 e.